The van der Waals surface area contributed by atoms with Gasteiger partial charge < -0.3 is 10.4 Å². The molecule has 1 atom stereocenters. The van der Waals surface area contributed by atoms with E-state index < -0.39 is 5.91 Å². The van der Waals surface area contributed by atoms with E-state index >= 15 is 0 Å². The minimum absolute atomic E-state index is 0.0187. The molecule has 1 aromatic carbocycles. The minimum Gasteiger partial charge on any atom is -0.504 e. The number of aromatic hydroxyl groups is 1. The third-order valence-electron chi connectivity index (χ3n) is 3.60. The van der Waals surface area contributed by atoms with E-state index in [0.29, 0.717) is 13.1 Å². The van der Waals surface area contributed by atoms with Gasteiger partial charge in [-0.25, -0.2) is 4.68 Å². The molecule has 0 radical (unpaired) electrons. The fraction of sp³-hybridized carbons (Fsp3) is 0.235. The zero-order chi connectivity index (χ0) is 16.9. The van der Waals surface area contributed by atoms with Crippen LogP contribution >= 0.6 is 0 Å². The highest BCUT2D eigenvalue weighted by Gasteiger charge is 2.17. The molecule has 3 aromatic rings. The Kier molecular flexibility index (Phi) is 4.60. The summed E-state index contributed by atoms with van der Waals surface area (Å²) in [6, 6.07) is 11.2. The molecular formula is C17H19N5O2. The summed E-state index contributed by atoms with van der Waals surface area (Å²) in [5.41, 5.74) is 0.795. The van der Waals surface area contributed by atoms with Crippen LogP contribution in [0, 0.1) is 5.92 Å². The van der Waals surface area contributed by atoms with Crippen molar-refractivity contribution >= 4 is 5.91 Å². The largest absolute Gasteiger partial charge is 0.504 e. The molecule has 2 N–H and O–H groups in total. The molecule has 0 saturated heterocycles. The molecular weight excluding hydrogens is 306 g/mol. The Balaban J connectivity index is 1.62. The maximum Gasteiger partial charge on any atom is 0.275 e. The number of rotatable bonds is 6. The summed E-state index contributed by atoms with van der Waals surface area (Å²) in [6.07, 6.45) is 5.03. The number of carbonyl (C=O) groups is 1. The van der Waals surface area contributed by atoms with Gasteiger partial charge in [-0.3, -0.25) is 9.48 Å². The first-order valence-corrected chi connectivity index (χ1v) is 7.73. The Morgan fingerprint density at radius 1 is 1.29 bits per heavy atom. The van der Waals surface area contributed by atoms with Gasteiger partial charge in [-0.05, 0) is 24.1 Å². The second-order valence-electron chi connectivity index (χ2n) is 5.69. The monoisotopic (exact) mass is 325 g/mol. The van der Waals surface area contributed by atoms with Crippen LogP contribution in [-0.4, -0.2) is 37.1 Å². The van der Waals surface area contributed by atoms with Gasteiger partial charge in [-0.2, -0.15) is 10.2 Å². The Morgan fingerprint density at radius 3 is 2.79 bits per heavy atom. The van der Waals surface area contributed by atoms with Crippen LogP contribution in [0.15, 0.2) is 55.0 Å². The van der Waals surface area contributed by atoms with Crippen molar-refractivity contribution in [2.75, 3.05) is 6.54 Å². The maximum atomic E-state index is 12.2. The molecule has 2 aromatic heterocycles. The number of hydrogen-bond acceptors (Lipinski definition) is 4. The molecule has 7 heteroatoms. The van der Waals surface area contributed by atoms with Crippen LogP contribution in [0.5, 0.6) is 5.75 Å². The van der Waals surface area contributed by atoms with E-state index in [1.165, 1.54) is 10.9 Å². The molecule has 0 aliphatic heterocycles. The van der Waals surface area contributed by atoms with Crippen molar-refractivity contribution < 1.29 is 9.90 Å². The maximum absolute atomic E-state index is 12.2. The van der Waals surface area contributed by atoms with Gasteiger partial charge in [0.25, 0.3) is 5.91 Å². The molecule has 0 fully saturated rings. The Labute approximate surface area is 139 Å². The van der Waals surface area contributed by atoms with Gasteiger partial charge in [-0.1, -0.05) is 25.1 Å². The lowest BCUT2D eigenvalue weighted by Gasteiger charge is -2.12. The summed E-state index contributed by atoms with van der Waals surface area (Å²) < 4.78 is 3.30. The molecule has 3 rings (SSSR count). The van der Waals surface area contributed by atoms with Crippen LogP contribution < -0.4 is 5.32 Å². The summed E-state index contributed by atoms with van der Waals surface area (Å²) >= 11 is 0. The first kappa shape index (κ1) is 15.8. The van der Waals surface area contributed by atoms with Crippen LogP contribution in [-0.2, 0) is 6.54 Å². The summed E-state index contributed by atoms with van der Waals surface area (Å²) in [5, 5.41) is 21.1. The van der Waals surface area contributed by atoms with E-state index in [2.05, 4.69) is 15.5 Å². The van der Waals surface area contributed by atoms with Crippen LogP contribution in [0.3, 0.4) is 0 Å². The quantitative estimate of drug-likeness (QED) is 0.724. The topological polar surface area (TPSA) is 85.0 Å². The average molecular weight is 325 g/mol. The summed E-state index contributed by atoms with van der Waals surface area (Å²) in [5.74, 6) is -0.335. The third kappa shape index (κ3) is 3.62. The summed E-state index contributed by atoms with van der Waals surface area (Å²) in [6.45, 7) is 3.19. The van der Waals surface area contributed by atoms with Gasteiger partial charge in [0.2, 0.25) is 0 Å². The van der Waals surface area contributed by atoms with Gasteiger partial charge in [0.15, 0.2) is 11.4 Å². The minimum atomic E-state index is -0.394. The van der Waals surface area contributed by atoms with Gasteiger partial charge in [0.05, 0.1) is 11.9 Å². The van der Waals surface area contributed by atoms with E-state index in [1.807, 2.05) is 54.2 Å². The van der Waals surface area contributed by atoms with Gasteiger partial charge >= 0.3 is 0 Å². The SMILES string of the molecule is C[C@@H](CNC(=O)c1nn(-c2ccccc2)cc1O)Cn1cccn1. The first-order valence-electron chi connectivity index (χ1n) is 7.73. The van der Waals surface area contributed by atoms with Crippen LogP contribution in [0.25, 0.3) is 5.69 Å². The molecule has 0 aliphatic carbocycles. The standard InChI is InChI=1S/C17H19N5O2/c1-13(11-21-9-5-8-19-21)10-18-17(24)16-15(23)12-22(20-16)14-6-3-2-4-7-14/h2-9,12-13,23H,10-11H2,1H3,(H,18,24)/t13-/m0/s1. The molecule has 0 aliphatic rings. The molecule has 0 unspecified atom stereocenters. The molecule has 0 bridgehead atoms. The molecule has 1 amide bonds. The Hall–Kier alpha value is -3.09. The second kappa shape index (κ2) is 6.99. The van der Waals surface area contributed by atoms with Crippen molar-refractivity contribution in [3.63, 3.8) is 0 Å². The normalized spacial score (nSPS) is 12.0. The molecule has 124 valence electrons. The lowest BCUT2D eigenvalue weighted by molar-refractivity contribution is 0.0938. The van der Waals surface area contributed by atoms with Crippen molar-refractivity contribution in [1.29, 1.82) is 0 Å². The first-order chi connectivity index (χ1) is 11.6. The van der Waals surface area contributed by atoms with Gasteiger partial charge in [-0.15, -0.1) is 0 Å². The number of amides is 1. The number of nitrogens with one attached hydrogen (secondary N) is 1. The molecule has 0 spiro atoms. The summed E-state index contributed by atoms with van der Waals surface area (Å²) in [7, 11) is 0. The lowest BCUT2D eigenvalue weighted by atomic mass is 10.2. The van der Waals surface area contributed by atoms with E-state index in [-0.39, 0.29) is 17.4 Å². The predicted molar refractivity (Wildman–Crippen MR) is 89.0 cm³/mol. The zero-order valence-electron chi connectivity index (χ0n) is 13.3. The summed E-state index contributed by atoms with van der Waals surface area (Å²) in [4.78, 5) is 12.2. The molecule has 24 heavy (non-hydrogen) atoms. The van der Waals surface area contributed by atoms with Crippen molar-refractivity contribution in [3.8, 4) is 11.4 Å². The Bertz CT molecular complexity index is 796. The highest BCUT2D eigenvalue weighted by atomic mass is 16.3. The highest BCUT2D eigenvalue weighted by molar-refractivity contribution is 5.94. The smallest absolute Gasteiger partial charge is 0.275 e. The van der Waals surface area contributed by atoms with E-state index in [0.717, 1.165) is 5.69 Å². The van der Waals surface area contributed by atoms with E-state index in [4.69, 9.17) is 0 Å². The molecule has 7 nitrogen and oxygen atoms in total. The van der Waals surface area contributed by atoms with Gasteiger partial charge in [0, 0.05) is 25.5 Å². The lowest BCUT2D eigenvalue weighted by Crippen LogP contribution is -2.30. The van der Waals surface area contributed by atoms with Crippen LogP contribution in [0.1, 0.15) is 17.4 Å². The van der Waals surface area contributed by atoms with Crippen LogP contribution in [0.4, 0.5) is 0 Å². The number of benzene rings is 1. The zero-order valence-corrected chi connectivity index (χ0v) is 13.3. The number of carbonyl (C=O) groups excluding carboxylic acids is 1. The van der Waals surface area contributed by atoms with Crippen molar-refractivity contribution in [2.45, 2.75) is 13.5 Å². The van der Waals surface area contributed by atoms with E-state index in [1.54, 1.807) is 6.20 Å². The van der Waals surface area contributed by atoms with Crippen LogP contribution in [0.2, 0.25) is 0 Å². The Morgan fingerprint density at radius 2 is 2.08 bits per heavy atom. The predicted octanol–water partition coefficient (Wildman–Crippen LogP) is 1.84. The highest BCUT2D eigenvalue weighted by Crippen LogP contribution is 2.18. The fourth-order valence-electron chi connectivity index (χ4n) is 2.38. The van der Waals surface area contributed by atoms with Gasteiger partial charge in [0.1, 0.15) is 0 Å². The average Bonchev–Trinajstić information content (AvgIpc) is 3.23. The van der Waals surface area contributed by atoms with E-state index in [9.17, 15) is 9.90 Å². The fourth-order valence-corrected chi connectivity index (χ4v) is 2.38. The van der Waals surface area contributed by atoms with Crippen molar-refractivity contribution in [1.82, 2.24) is 24.9 Å². The number of nitrogens with zero attached hydrogens (tertiary/aromatic N) is 4. The number of aromatic nitrogens is 4. The van der Waals surface area contributed by atoms with Crippen molar-refractivity contribution in [2.24, 2.45) is 5.92 Å². The molecule has 0 saturated carbocycles. The number of para-hydroxylation sites is 1. The van der Waals surface area contributed by atoms with Crippen molar-refractivity contribution in [3.05, 3.63) is 60.7 Å². The molecule has 2 heterocycles. The number of hydrogen-bond donors (Lipinski definition) is 2. The third-order valence-corrected chi connectivity index (χ3v) is 3.60. The second-order valence-corrected chi connectivity index (χ2v) is 5.69.